The maximum absolute atomic E-state index is 7.40. The van der Waals surface area contributed by atoms with Gasteiger partial charge in [0.25, 0.3) is 0 Å². The molecule has 0 amide bonds. The summed E-state index contributed by atoms with van der Waals surface area (Å²) in [6.07, 6.45) is 13.8. The van der Waals surface area contributed by atoms with E-state index in [1.807, 2.05) is 60.7 Å². The van der Waals surface area contributed by atoms with Crippen molar-refractivity contribution in [1.29, 1.82) is 5.41 Å². The van der Waals surface area contributed by atoms with Gasteiger partial charge in [0.15, 0.2) is 0 Å². The van der Waals surface area contributed by atoms with E-state index in [-0.39, 0.29) is 0 Å². The third-order valence-corrected chi connectivity index (χ3v) is 2.23. The molecular formula is C16H17N. The van der Waals surface area contributed by atoms with Gasteiger partial charge in [-0.1, -0.05) is 73.4 Å². The summed E-state index contributed by atoms with van der Waals surface area (Å²) in [5, 5.41) is 7.40. The lowest BCUT2D eigenvalue weighted by atomic mass is 10.1. The molecule has 0 radical (unpaired) electrons. The molecule has 0 spiro atoms. The fourth-order valence-electron chi connectivity index (χ4n) is 1.39. The molecule has 1 aromatic carbocycles. The topological polar surface area (TPSA) is 23.9 Å². The van der Waals surface area contributed by atoms with Gasteiger partial charge in [0.2, 0.25) is 0 Å². The Balaban J connectivity index is 2.63. The van der Waals surface area contributed by atoms with Crippen molar-refractivity contribution in [3.05, 3.63) is 78.9 Å². The molecule has 0 aliphatic rings. The Labute approximate surface area is 103 Å². The average molecular weight is 223 g/mol. The van der Waals surface area contributed by atoms with Crippen molar-refractivity contribution in [2.24, 2.45) is 0 Å². The van der Waals surface area contributed by atoms with Gasteiger partial charge in [-0.3, -0.25) is 0 Å². The van der Waals surface area contributed by atoms with E-state index in [2.05, 4.69) is 6.58 Å². The molecular weight excluding hydrogens is 206 g/mol. The minimum Gasteiger partial charge on any atom is -0.308 e. The Morgan fingerprint density at radius 1 is 1.12 bits per heavy atom. The molecule has 0 unspecified atom stereocenters. The van der Waals surface area contributed by atoms with E-state index in [1.54, 1.807) is 6.08 Å². The zero-order valence-electron chi connectivity index (χ0n) is 9.84. The van der Waals surface area contributed by atoms with Crippen LogP contribution in [-0.2, 0) is 0 Å². The van der Waals surface area contributed by atoms with Crippen LogP contribution in [0, 0.1) is 5.41 Å². The van der Waals surface area contributed by atoms with Gasteiger partial charge < -0.3 is 5.41 Å². The van der Waals surface area contributed by atoms with Gasteiger partial charge >= 0.3 is 0 Å². The van der Waals surface area contributed by atoms with E-state index >= 15 is 0 Å². The zero-order chi connectivity index (χ0) is 12.3. The number of allylic oxidation sites excluding steroid dienone is 7. The predicted molar refractivity (Wildman–Crippen MR) is 76.3 cm³/mol. The minimum absolute atomic E-state index is 0.821. The van der Waals surface area contributed by atoms with Crippen LogP contribution in [0.15, 0.2) is 73.4 Å². The van der Waals surface area contributed by atoms with Crippen molar-refractivity contribution in [3.8, 4) is 0 Å². The molecule has 17 heavy (non-hydrogen) atoms. The maximum Gasteiger partial charge on any atom is 0.0253 e. The minimum atomic E-state index is 0.821. The van der Waals surface area contributed by atoms with Gasteiger partial charge in [0.05, 0.1) is 0 Å². The van der Waals surface area contributed by atoms with Crippen LogP contribution in [-0.4, -0.2) is 6.21 Å². The summed E-state index contributed by atoms with van der Waals surface area (Å²) in [5.41, 5.74) is 2.03. The molecule has 0 saturated heterocycles. The molecule has 86 valence electrons. The summed E-state index contributed by atoms with van der Waals surface area (Å²) >= 11 is 0. The number of nitrogens with one attached hydrogen (secondary N) is 1. The van der Waals surface area contributed by atoms with Crippen LogP contribution < -0.4 is 0 Å². The van der Waals surface area contributed by atoms with Crippen molar-refractivity contribution in [2.45, 2.75) is 6.42 Å². The lowest BCUT2D eigenvalue weighted by molar-refractivity contribution is 1.40. The summed E-state index contributed by atoms with van der Waals surface area (Å²) in [7, 11) is 0. The van der Waals surface area contributed by atoms with Crippen molar-refractivity contribution in [3.63, 3.8) is 0 Å². The Bertz CT molecular complexity index is 436. The fourth-order valence-corrected chi connectivity index (χ4v) is 1.39. The molecule has 1 aromatic rings. The Morgan fingerprint density at radius 3 is 2.53 bits per heavy atom. The first-order chi connectivity index (χ1) is 8.38. The second kappa shape index (κ2) is 8.05. The molecule has 0 heterocycles. The van der Waals surface area contributed by atoms with Crippen molar-refractivity contribution >= 4 is 11.8 Å². The molecule has 0 bridgehead atoms. The Hall–Kier alpha value is -2.15. The fraction of sp³-hybridized carbons (Fsp3) is 0.0625. The molecule has 1 nitrogen and oxygen atoms in total. The number of rotatable bonds is 6. The van der Waals surface area contributed by atoms with Crippen molar-refractivity contribution in [2.75, 3.05) is 0 Å². The predicted octanol–water partition coefficient (Wildman–Crippen LogP) is 4.41. The first-order valence-corrected chi connectivity index (χ1v) is 5.58. The van der Waals surface area contributed by atoms with Crippen LogP contribution in [0.3, 0.4) is 0 Å². The van der Waals surface area contributed by atoms with E-state index < -0.39 is 0 Å². The highest BCUT2D eigenvalue weighted by atomic mass is 14.3. The highest BCUT2D eigenvalue weighted by Gasteiger charge is 1.94. The molecule has 0 fully saturated rings. The van der Waals surface area contributed by atoms with E-state index in [4.69, 9.17) is 5.41 Å². The normalized spacial score (nSPS) is 12.1. The van der Waals surface area contributed by atoms with Crippen LogP contribution in [0.4, 0.5) is 0 Å². The van der Waals surface area contributed by atoms with Crippen LogP contribution in [0.25, 0.3) is 5.57 Å². The first kappa shape index (κ1) is 12.9. The molecule has 0 aliphatic carbocycles. The molecule has 1 N–H and O–H groups in total. The monoisotopic (exact) mass is 223 g/mol. The van der Waals surface area contributed by atoms with Gasteiger partial charge in [0.1, 0.15) is 0 Å². The number of hydrogen-bond donors (Lipinski definition) is 1. The van der Waals surface area contributed by atoms with Crippen LogP contribution in [0.1, 0.15) is 12.0 Å². The second-order valence-electron chi connectivity index (χ2n) is 3.45. The van der Waals surface area contributed by atoms with Crippen LogP contribution >= 0.6 is 0 Å². The Morgan fingerprint density at radius 2 is 1.88 bits per heavy atom. The SMILES string of the molecule is C=C/C=C\C=C/C/C=C(/C=N)c1ccccc1. The molecule has 0 aromatic heterocycles. The van der Waals surface area contributed by atoms with E-state index in [1.165, 1.54) is 6.21 Å². The second-order valence-corrected chi connectivity index (χ2v) is 3.45. The zero-order valence-corrected chi connectivity index (χ0v) is 9.84. The van der Waals surface area contributed by atoms with Gasteiger partial charge in [0, 0.05) is 6.21 Å². The smallest absolute Gasteiger partial charge is 0.0253 e. The average Bonchev–Trinajstić information content (AvgIpc) is 2.39. The standard InChI is InChI=1S/C16H17N/c1-2-3-4-5-6-8-13-16(14-17)15-11-9-7-10-12-15/h2-7,9-14,17H,1,8H2/b4-3-,6-5-,16-13-,17-14?. The maximum atomic E-state index is 7.40. The first-order valence-electron chi connectivity index (χ1n) is 5.58. The van der Waals surface area contributed by atoms with Gasteiger partial charge in [-0.05, 0) is 17.6 Å². The summed E-state index contributed by atoms with van der Waals surface area (Å²) in [5.74, 6) is 0. The third-order valence-electron chi connectivity index (χ3n) is 2.23. The highest BCUT2D eigenvalue weighted by molar-refractivity contribution is 6.08. The lowest BCUT2D eigenvalue weighted by Gasteiger charge is -1.99. The van der Waals surface area contributed by atoms with Crippen molar-refractivity contribution < 1.29 is 0 Å². The van der Waals surface area contributed by atoms with Crippen molar-refractivity contribution in [1.82, 2.24) is 0 Å². The largest absolute Gasteiger partial charge is 0.308 e. The lowest BCUT2D eigenvalue weighted by Crippen LogP contribution is -1.83. The summed E-state index contributed by atoms with van der Waals surface area (Å²) in [6.45, 7) is 3.60. The molecule has 0 aliphatic heterocycles. The van der Waals surface area contributed by atoms with Crippen LogP contribution in [0.2, 0.25) is 0 Å². The van der Waals surface area contributed by atoms with Crippen LogP contribution in [0.5, 0.6) is 0 Å². The molecule has 1 rings (SSSR count). The van der Waals surface area contributed by atoms with E-state index in [0.29, 0.717) is 0 Å². The summed E-state index contributed by atoms with van der Waals surface area (Å²) < 4.78 is 0. The number of benzene rings is 1. The highest BCUT2D eigenvalue weighted by Crippen LogP contribution is 2.12. The molecule has 1 heteroatoms. The van der Waals surface area contributed by atoms with Gasteiger partial charge in [-0.15, -0.1) is 0 Å². The van der Waals surface area contributed by atoms with Gasteiger partial charge in [-0.25, -0.2) is 0 Å². The van der Waals surface area contributed by atoms with E-state index in [0.717, 1.165) is 17.6 Å². The molecule has 0 atom stereocenters. The van der Waals surface area contributed by atoms with Gasteiger partial charge in [-0.2, -0.15) is 0 Å². The Kier molecular flexibility index (Phi) is 6.12. The molecule has 0 saturated carbocycles. The van der Waals surface area contributed by atoms with E-state index in [9.17, 15) is 0 Å². The number of hydrogen-bond acceptors (Lipinski definition) is 1. The third kappa shape index (κ3) is 4.94. The summed E-state index contributed by atoms with van der Waals surface area (Å²) in [4.78, 5) is 0. The summed E-state index contributed by atoms with van der Waals surface area (Å²) in [6, 6.07) is 9.96. The quantitative estimate of drug-likeness (QED) is 0.545.